The maximum atomic E-state index is 11.9. The Morgan fingerprint density at radius 2 is 1.90 bits per heavy atom. The highest BCUT2D eigenvalue weighted by molar-refractivity contribution is 5.99. The molecule has 20 heavy (non-hydrogen) atoms. The molecular weight excluding hydrogens is 252 g/mol. The Bertz CT molecular complexity index is 748. The number of carbonyl (C=O) groups is 1. The van der Waals surface area contributed by atoms with Crippen molar-refractivity contribution in [1.29, 1.82) is 0 Å². The molecule has 1 aromatic heterocycles. The molecule has 0 atom stereocenters. The van der Waals surface area contributed by atoms with Crippen LogP contribution in [-0.4, -0.2) is 11.1 Å². The number of para-hydroxylation sites is 1. The van der Waals surface area contributed by atoms with E-state index >= 15 is 0 Å². The summed E-state index contributed by atoms with van der Waals surface area (Å²) in [6.45, 7) is 1.98. The minimum atomic E-state index is -0.498. The smallest absolute Gasteiger partial charge is 0.410 e. The summed E-state index contributed by atoms with van der Waals surface area (Å²) in [5, 5.41) is 3.73. The Kier molecular flexibility index (Phi) is 3.13. The second kappa shape index (κ2) is 5.09. The Morgan fingerprint density at radius 1 is 1.10 bits per heavy atom. The van der Waals surface area contributed by atoms with Gasteiger partial charge < -0.3 is 9.72 Å². The van der Waals surface area contributed by atoms with Crippen LogP contribution in [0.3, 0.4) is 0 Å². The van der Waals surface area contributed by atoms with Crippen molar-refractivity contribution < 1.29 is 9.53 Å². The number of nitrogens with one attached hydrogen (secondary N) is 2. The van der Waals surface area contributed by atoms with Gasteiger partial charge in [-0.2, -0.15) is 0 Å². The number of fused-ring (bicyclic) bond motifs is 1. The molecule has 2 N–H and O–H groups in total. The molecule has 100 valence electrons. The lowest BCUT2D eigenvalue weighted by Crippen LogP contribution is -2.16. The van der Waals surface area contributed by atoms with Crippen LogP contribution in [0, 0.1) is 6.92 Å². The number of aryl methyl sites for hydroxylation is 1. The van der Waals surface area contributed by atoms with Crippen molar-refractivity contribution in [3.8, 4) is 5.75 Å². The second-order valence-corrected chi connectivity index (χ2v) is 4.55. The van der Waals surface area contributed by atoms with Crippen LogP contribution in [0.1, 0.15) is 5.69 Å². The van der Waals surface area contributed by atoms with Crippen molar-refractivity contribution in [3.63, 3.8) is 0 Å². The summed E-state index contributed by atoms with van der Waals surface area (Å²) < 4.78 is 5.21. The fourth-order valence-electron chi connectivity index (χ4n) is 2.13. The summed E-state index contributed by atoms with van der Waals surface area (Å²) in [6.07, 6.45) is -0.498. The van der Waals surface area contributed by atoms with Crippen LogP contribution in [0.15, 0.2) is 54.6 Å². The van der Waals surface area contributed by atoms with Gasteiger partial charge in [-0.1, -0.05) is 24.3 Å². The third kappa shape index (κ3) is 2.49. The van der Waals surface area contributed by atoms with Crippen LogP contribution >= 0.6 is 0 Å². The quantitative estimate of drug-likeness (QED) is 0.734. The third-order valence-electron chi connectivity index (χ3n) is 2.99. The van der Waals surface area contributed by atoms with E-state index in [0.29, 0.717) is 5.75 Å². The van der Waals surface area contributed by atoms with Crippen LogP contribution in [0.25, 0.3) is 10.9 Å². The van der Waals surface area contributed by atoms with Crippen LogP contribution in [0.2, 0.25) is 0 Å². The molecule has 0 saturated heterocycles. The SMILES string of the molecule is Cc1cc2c(NC(=O)Oc3ccccc3)cccc2[nH]1. The van der Waals surface area contributed by atoms with E-state index in [1.807, 2.05) is 49.4 Å². The van der Waals surface area contributed by atoms with Crippen LogP contribution < -0.4 is 10.1 Å². The molecule has 2 aromatic carbocycles. The molecule has 0 aliphatic heterocycles. The molecule has 3 aromatic rings. The summed E-state index contributed by atoms with van der Waals surface area (Å²) >= 11 is 0. The minimum absolute atomic E-state index is 0.498. The minimum Gasteiger partial charge on any atom is -0.410 e. The summed E-state index contributed by atoms with van der Waals surface area (Å²) in [4.78, 5) is 15.1. The van der Waals surface area contributed by atoms with Gasteiger partial charge in [0.1, 0.15) is 5.75 Å². The number of anilines is 1. The topological polar surface area (TPSA) is 54.1 Å². The van der Waals surface area contributed by atoms with Gasteiger partial charge >= 0.3 is 6.09 Å². The van der Waals surface area contributed by atoms with E-state index in [1.54, 1.807) is 12.1 Å². The van der Waals surface area contributed by atoms with Gasteiger partial charge in [0.25, 0.3) is 0 Å². The zero-order chi connectivity index (χ0) is 13.9. The highest BCUT2D eigenvalue weighted by atomic mass is 16.6. The molecule has 0 fully saturated rings. The van der Waals surface area contributed by atoms with Crippen molar-refractivity contribution in [1.82, 2.24) is 4.98 Å². The Morgan fingerprint density at radius 3 is 2.70 bits per heavy atom. The maximum absolute atomic E-state index is 11.9. The third-order valence-corrected chi connectivity index (χ3v) is 2.99. The van der Waals surface area contributed by atoms with Gasteiger partial charge in [-0.25, -0.2) is 4.79 Å². The van der Waals surface area contributed by atoms with E-state index in [1.165, 1.54) is 0 Å². The van der Waals surface area contributed by atoms with Gasteiger partial charge in [-0.15, -0.1) is 0 Å². The van der Waals surface area contributed by atoms with Crippen LogP contribution in [0.5, 0.6) is 5.75 Å². The molecule has 4 nitrogen and oxygen atoms in total. The second-order valence-electron chi connectivity index (χ2n) is 4.55. The molecular formula is C16H14N2O2. The average molecular weight is 266 g/mol. The van der Waals surface area contributed by atoms with E-state index in [9.17, 15) is 4.79 Å². The number of ether oxygens (including phenoxy) is 1. The summed E-state index contributed by atoms with van der Waals surface area (Å²) in [5.41, 5.74) is 2.76. The maximum Gasteiger partial charge on any atom is 0.417 e. The van der Waals surface area contributed by atoms with Crippen molar-refractivity contribution in [2.24, 2.45) is 0 Å². The highest BCUT2D eigenvalue weighted by Crippen LogP contribution is 2.24. The zero-order valence-electron chi connectivity index (χ0n) is 11.0. The first-order chi connectivity index (χ1) is 9.72. The predicted octanol–water partition coefficient (Wildman–Crippen LogP) is 4.09. The summed E-state index contributed by atoms with van der Waals surface area (Å²) in [7, 11) is 0. The van der Waals surface area contributed by atoms with Gasteiger partial charge in [0.15, 0.2) is 0 Å². The van der Waals surface area contributed by atoms with E-state index in [4.69, 9.17) is 4.74 Å². The zero-order valence-corrected chi connectivity index (χ0v) is 11.0. The fourth-order valence-corrected chi connectivity index (χ4v) is 2.13. The van der Waals surface area contributed by atoms with Gasteiger partial charge in [0.2, 0.25) is 0 Å². The van der Waals surface area contributed by atoms with E-state index in [0.717, 1.165) is 22.3 Å². The molecule has 0 bridgehead atoms. The van der Waals surface area contributed by atoms with Crippen molar-refractivity contribution in [2.45, 2.75) is 6.92 Å². The Hall–Kier alpha value is -2.75. The fraction of sp³-hybridized carbons (Fsp3) is 0.0625. The number of benzene rings is 2. The molecule has 0 unspecified atom stereocenters. The predicted molar refractivity (Wildman–Crippen MR) is 79.1 cm³/mol. The molecule has 0 spiro atoms. The number of H-pyrrole nitrogens is 1. The number of aromatic nitrogens is 1. The summed E-state index contributed by atoms with van der Waals surface area (Å²) in [5.74, 6) is 0.516. The van der Waals surface area contributed by atoms with Crippen molar-refractivity contribution >= 4 is 22.7 Å². The molecule has 4 heteroatoms. The number of aromatic amines is 1. The van der Waals surface area contributed by atoms with Gasteiger partial charge in [0.05, 0.1) is 5.69 Å². The number of hydrogen-bond donors (Lipinski definition) is 2. The molecule has 0 saturated carbocycles. The lowest BCUT2D eigenvalue weighted by molar-refractivity contribution is 0.215. The Labute approximate surface area is 116 Å². The average Bonchev–Trinajstić information content (AvgIpc) is 2.81. The van der Waals surface area contributed by atoms with Gasteiger partial charge in [-0.05, 0) is 37.3 Å². The number of carbonyl (C=O) groups excluding carboxylic acids is 1. The number of amides is 1. The standard InChI is InChI=1S/C16H14N2O2/c1-11-10-13-14(17-11)8-5-9-15(13)18-16(19)20-12-6-3-2-4-7-12/h2-10,17H,1H3,(H,18,19). The molecule has 1 heterocycles. The van der Waals surface area contributed by atoms with E-state index < -0.39 is 6.09 Å². The molecule has 0 aliphatic rings. The lowest BCUT2D eigenvalue weighted by Gasteiger charge is -2.07. The number of rotatable bonds is 2. The van der Waals surface area contributed by atoms with Crippen LogP contribution in [0.4, 0.5) is 10.5 Å². The Balaban J connectivity index is 1.81. The van der Waals surface area contributed by atoms with Gasteiger partial charge in [-0.3, -0.25) is 5.32 Å². The first-order valence-electron chi connectivity index (χ1n) is 6.34. The van der Waals surface area contributed by atoms with Crippen molar-refractivity contribution in [3.05, 3.63) is 60.3 Å². The normalized spacial score (nSPS) is 10.4. The molecule has 3 rings (SSSR count). The highest BCUT2D eigenvalue weighted by Gasteiger charge is 2.08. The molecule has 0 radical (unpaired) electrons. The molecule has 0 aliphatic carbocycles. The first kappa shape index (κ1) is 12.3. The largest absolute Gasteiger partial charge is 0.417 e. The van der Waals surface area contributed by atoms with Crippen molar-refractivity contribution in [2.75, 3.05) is 5.32 Å². The summed E-state index contributed by atoms with van der Waals surface area (Å²) in [6, 6.07) is 16.7. The number of hydrogen-bond acceptors (Lipinski definition) is 2. The molecule has 1 amide bonds. The van der Waals surface area contributed by atoms with E-state index in [-0.39, 0.29) is 0 Å². The lowest BCUT2D eigenvalue weighted by atomic mass is 10.2. The monoisotopic (exact) mass is 266 g/mol. The van der Waals surface area contributed by atoms with Gasteiger partial charge in [0, 0.05) is 16.6 Å². The van der Waals surface area contributed by atoms with Crippen LogP contribution in [-0.2, 0) is 0 Å². The first-order valence-corrected chi connectivity index (χ1v) is 6.34. The van der Waals surface area contributed by atoms with E-state index in [2.05, 4.69) is 10.3 Å².